The van der Waals surface area contributed by atoms with E-state index in [0.29, 0.717) is 25.7 Å². The van der Waals surface area contributed by atoms with E-state index in [1.165, 1.54) is 0 Å². The lowest BCUT2D eigenvalue weighted by atomic mass is 10.2. The van der Waals surface area contributed by atoms with E-state index >= 15 is 0 Å². The average molecular weight is 520 g/mol. The van der Waals surface area contributed by atoms with Gasteiger partial charge in [-0.1, -0.05) is 61.2 Å². The first-order chi connectivity index (χ1) is 13.8. The molecule has 0 radical (unpaired) electrons. The number of ether oxygens (including phenoxy) is 1. The van der Waals surface area contributed by atoms with Crippen molar-refractivity contribution >= 4 is 41.3 Å². The molecule has 0 aliphatic heterocycles. The second-order valence-electron chi connectivity index (χ2n) is 6.00. The molecule has 0 unspecified atom stereocenters. The summed E-state index contributed by atoms with van der Waals surface area (Å²) in [4.78, 5) is 8.98. The summed E-state index contributed by atoms with van der Waals surface area (Å²) in [7, 11) is 1.76. The molecule has 0 fully saturated rings. The number of thiazole rings is 1. The molecular formula is C22H25IN4OS. The lowest BCUT2D eigenvalue weighted by molar-refractivity contribution is 0.358. The highest BCUT2D eigenvalue weighted by atomic mass is 127. The van der Waals surface area contributed by atoms with E-state index in [4.69, 9.17) is 9.72 Å². The molecule has 2 aromatic carbocycles. The van der Waals surface area contributed by atoms with Crippen molar-refractivity contribution in [1.82, 2.24) is 15.6 Å². The van der Waals surface area contributed by atoms with E-state index in [2.05, 4.69) is 39.7 Å². The first kappa shape index (κ1) is 22.9. The summed E-state index contributed by atoms with van der Waals surface area (Å²) < 4.78 is 5.70. The van der Waals surface area contributed by atoms with Gasteiger partial charge in [-0.2, -0.15) is 0 Å². The van der Waals surface area contributed by atoms with Gasteiger partial charge in [0.2, 0.25) is 0 Å². The predicted molar refractivity (Wildman–Crippen MR) is 132 cm³/mol. The standard InChI is InChI=1S/C22H24N4OS.HI/c1-3-13-27-20-12-8-7-11-18(20)14-24-22(23-2)25-15-19-16-28-21(26-19)17-9-5-4-6-10-17;/h3-12,16H,1,13-15H2,2H3,(H2,23,24,25);1H. The van der Waals surface area contributed by atoms with Gasteiger partial charge < -0.3 is 15.4 Å². The first-order valence-electron chi connectivity index (χ1n) is 9.06. The third-order valence-corrected chi connectivity index (χ3v) is 4.95. The number of para-hydroxylation sites is 1. The van der Waals surface area contributed by atoms with Crippen LogP contribution < -0.4 is 15.4 Å². The van der Waals surface area contributed by atoms with Crippen molar-refractivity contribution in [3.05, 3.63) is 83.9 Å². The molecule has 1 heterocycles. The van der Waals surface area contributed by atoms with Crippen molar-refractivity contribution in [3.8, 4) is 16.3 Å². The number of hydrogen-bond acceptors (Lipinski definition) is 4. The van der Waals surface area contributed by atoms with Crippen LogP contribution in [-0.2, 0) is 13.1 Å². The number of aromatic nitrogens is 1. The van der Waals surface area contributed by atoms with Crippen LogP contribution in [0.25, 0.3) is 10.6 Å². The van der Waals surface area contributed by atoms with Crippen LogP contribution in [0.1, 0.15) is 11.3 Å². The molecule has 0 saturated carbocycles. The Labute approximate surface area is 193 Å². The van der Waals surface area contributed by atoms with E-state index in [1.54, 1.807) is 24.5 Å². The van der Waals surface area contributed by atoms with Crippen LogP contribution in [0.4, 0.5) is 0 Å². The summed E-state index contributed by atoms with van der Waals surface area (Å²) >= 11 is 1.65. The maximum Gasteiger partial charge on any atom is 0.191 e. The van der Waals surface area contributed by atoms with Gasteiger partial charge in [-0.25, -0.2) is 4.98 Å². The van der Waals surface area contributed by atoms with Gasteiger partial charge in [-0.15, -0.1) is 35.3 Å². The molecule has 0 saturated heterocycles. The Morgan fingerprint density at radius 3 is 2.59 bits per heavy atom. The van der Waals surface area contributed by atoms with Crippen LogP contribution in [0.2, 0.25) is 0 Å². The van der Waals surface area contributed by atoms with Gasteiger partial charge in [0.15, 0.2) is 5.96 Å². The molecule has 7 heteroatoms. The van der Waals surface area contributed by atoms with Crippen LogP contribution in [0.3, 0.4) is 0 Å². The van der Waals surface area contributed by atoms with E-state index in [9.17, 15) is 0 Å². The van der Waals surface area contributed by atoms with Gasteiger partial charge in [-0.3, -0.25) is 4.99 Å². The van der Waals surface area contributed by atoms with Gasteiger partial charge >= 0.3 is 0 Å². The molecule has 0 spiro atoms. The Morgan fingerprint density at radius 1 is 1.10 bits per heavy atom. The molecule has 0 aliphatic rings. The summed E-state index contributed by atoms with van der Waals surface area (Å²) in [6, 6.07) is 18.1. The second kappa shape index (κ2) is 12.2. The van der Waals surface area contributed by atoms with Crippen molar-refractivity contribution < 1.29 is 4.74 Å². The van der Waals surface area contributed by atoms with Crippen LogP contribution in [0.5, 0.6) is 5.75 Å². The monoisotopic (exact) mass is 520 g/mol. The highest BCUT2D eigenvalue weighted by Gasteiger charge is 2.07. The lowest BCUT2D eigenvalue weighted by Gasteiger charge is -2.14. The number of aliphatic imine (C=N–C) groups is 1. The molecule has 2 N–H and O–H groups in total. The maximum absolute atomic E-state index is 5.70. The highest BCUT2D eigenvalue weighted by Crippen LogP contribution is 2.23. The zero-order chi connectivity index (χ0) is 19.6. The molecule has 0 aliphatic carbocycles. The van der Waals surface area contributed by atoms with Crippen LogP contribution in [0.15, 0.2) is 77.6 Å². The van der Waals surface area contributed by atoms with Gasteiger partial charge in [-0.05, 0) is 6.07 Å². The third kappa shape index (κ3) is 6.86. The molecule has 0 atom stereocenters. The zero-order valence-electron chi connectivity index (χ0n) is 16.3. The first-order valence-corrected chi connectivity index (χ1v) is 9.94. The largest absolute Gasteiger partial charge is 0.489 e. The Morgan fingerprint density at radius 2 is 1.83 bits per heavy atom. The summed E-state index contributed by atoms with van der Waals surface area (Å²) in [5, 5.41) is 9.72. The number of benzene rings is 2. The topological polar surface area (TPSA) is 58.5 Å². The minimum Gasteiger partial charge on any atom is -0.489 e. The summed E-state index contributed by atoms with van der Waals surface area (Å²) in [5.74, 6) is 1.56. The number of nitrogens with one attached hydrogen (secondary N) is 2. The van der Waals surface area contributed by atoms with E-state index in [1.807, 2.05) is 42.5 Å². The molecule has 3 rings (SSSR count). The van der Waals surface area contributed by atoms with Gasteiger partial charge in [0.25, 0.3) is 0 Å². The normalized spacial score (nSPS) is 10.7. The minimum absolute atomic E-state index is 0. The van der Waals surface area contributed by atoms with Crippen molar-refractivity contribution in [2.24, 2.45) is 4.99 Å². The highest BCUT2D eigenvalue weighted by molar-refractivity contribution is 14.0. The second-order valence-corrected chi connectivity index (χ2v) is 6.85. The zero-order valence-corrected chi connectivity index (χ0v) is 19.4. The van der Waals surface area contributed by atoms with Crippen molar-refractivity contribution in [1.29, 1.82) is 0 Å². The van der Waals surface area contributed by atoms with E-state index in [-0.39, 0.29) is 24.0 Å². The fourth-order valence-electron chi connectivity index (χ4n) is 2.61. The summed E-state index contributed by atoms with van der Waals surface area (Å²) in [6.07, 6.45) is 1.74. The van der Waals surface area contributed by atoms with Crippen molar-refractivity contribution in [3.63, 3.8) is 0 Å². The Balaban J connectivity index is 0.00000300. The van der Waals surface area contributed by atoms with E-state index in [0.717, 1.165) is 27.6 Å². The number of guanidine groups is 1. The number of halogens is 1. The summed E-state index contributed by atoms with van der Waals surface area (Å²) in [5.41, 5.74) is 3.19. The molecule has 152 valence electrons. The molecule has 0 bridgehead atoms. The Kier molecular flexibility index (Phi) is 9.66. The fourth-order valence-corrected chi connectivity index (χ4v) is 3.44. The quantitative estimate of drug-likeness (QED) is 0.193. The lowest BCUT2D eigenvalue weighted by Crippen LogP contribution is -2.36. The molecule has 3 aromatic rings. The van der Waals surface area contributed by atoms with Crippen LogP contribution in [0, 0.1) is 0 Å². The summed E-state index contributed by atoms with van der Waals surface area (Å²) in [6.45, 7) is 5.40. The molecular weight excluding hydrogens is 495 g/mol. The van der Waals surface area contributed by atoms with Crippen LogP contribution >= 0.6 is 35.3 Å². The van der Waals surface area contributed by atoms with Gasteiger partial charge in [0.1, 0.15) is 17.4 Å². The number of nitrogens with zero attached hydrogens (tertiary/aromatic N) is 2. The number of rotatable bonds is 8. The Bertz CT molecular complexity index is 927. The Hall–Kier alpha value is -2.39. The molecule has 5 nitrogen and oxygen atoms in total. The van der Waals surface area contributed by atoms with Gasteiger partial charge in [0, 0.05) is 30.1 Å². The average Bonchev–Trinajstić information content (AvgIpc) is 3.23. The molecule has 0 amide bonds. The third-order valence-electron chi connectivity index (χ3n) is 4.01. The van der Waals surface area contributed by atoms with E-state index < -0.39 is 0 Å². The van der Waals surface area contributed by atoms with Crippen molar-refractivity contribution in [2.75, 3.05) is 13.7 Å². The molecule has 1 aromatic heterocycles. The SMILES string of the molecule is C=CCOc1ccccc1CNC(=NC)NCc1csc(-c2ccccc2)n1.I. The maximum atomic E-state index is 5.70. The van der Waals surface area contributed by atoms with Crippen molar-refractivity contribution in [2.45, 2.75) is 13.1 Å². The predicted octanol–water partition coefficient (Wildman–Crippen LogP) is 4.86. The minimum atomic E-state index is 0. The smallest absolute Gasteiger partial charge is 0.191 e. The fraction of sp³-hybridized carbons (Fsp3) is 0.182. The van der Waals surface area contributed by atoms with Gasteiger partial charge in [0.05, 0.1) is 12.2 Å². The van der Waals surface area contributed by atoms with Crippen LogP contribution in [-0.4, -0.2) is 24.6 Å². The molecule has 29 heavy (non-hydrogen) atoms. The number of hydrogen-bond donors (Lipinski definition) is 2.